The highest BCUT2D eigenvalue weighted by atomic mass is 35.5. The molecule has 0 aliphatic heterocycles. The molecule has 0 bridgehead atoms. The Bertz CT molecular complexity index is 497. The number of aryl methyl sites for hydroxylation is 1. The van der Waals surface area contributed by atoms with Gasteiger partial charge in [0.15, 0.2) is 0 Å². The van der Waals surface area contributed by atoms with Gasteiger partial charge in [0.2, 0.25) is 0 Å². The number of nitrogens with zero attached hydrogens (tertiary/aromatic N) is 1. The van der Waals surface area contributed by atoms with Gasteiger partial charge in [-0.1, -0.05) is 17.7 Å². The third-order valence-electron chi connectivity index (χ3n) is 2.10. The van der Waals surface area contributed by atoms with E-state index in [-0.39, 0.29) is 5.82 Å². The summed E-state index contributed by atoms with van der Waals surface area (Å²) >= 11 is 5.68. The normalized spacial score (nSPS) is 10.3. The zero-order valence-corrected chi connectivity index (χ0v) is 8.92. The Kier molecular flexibility index (Phi) is 2.69. The molecule has 1 aromatic carbocycles. The Labute approximate surface area is 92.5 Å². The molecular weight excluding hydrogens is 213 g/mol. The summed E-state index contributed by atoms with van der Waals surface area (Å²) in [6.45, 7) is 1.87. The van der Waals surface area contributed by atoms with Crippen LogP contribution in [0.3, 0.4) is 0 Å². The monoisotopic (exact) mass is 221 g/mol. The molecule has 0 saturated heterocycles. The molecule has 0 aliphatic rings. The minimum absolute atomic E-state index is 0.347. The number of benzene rings is 1. The minimum atomic E-state index is -0.347. The lowest BCUT2D eigenvalue weighted by atomic mass is 10.1. The third-order valence-corrected chi connectivity index (χ3v) is 2.33. The molecule has 0 radical (unpaired) electrons. The van der Waals surface area contributed by atoms with Crippen molar-refractivity contribution < 1.29 is 4.39 Å². The van der Waals surface area contributed by atoms with Crippen LogP contribution < -0.4 is 0 Å². The van der Waals surface area contributed by atoms with Gasteiger partial charge in [-0.3, -0.25) is 4.98 Å². The topological polar surface area (TPSA) is 12.9 Å². The van der Waals surface area contributed by atoms with E-state index in [0.717, 1.165) is 5.69 Å². The first kappa shape index (κ1) is 10.1. The van der Waals surface area contributed by atoms with E-state index in [1.807, 2.05) is 19.1 Å². The molecule has 0 unspecified atom stereocenters. The molecule has 1 heterocycles. The highest BCUT2D eigenvalue weighted by molar-refractivity contribution is 6.30. The van der Waals surface area contributed by atoms with E-state index in [2.05, 4.69) is 4.98 Å². The summed E-state index contributed by atoms with van der Waals surface area (Å²) in [5.74, 6) is -0.347. The molecule has 0 amide bonds. The van der Waals surface area contributed by atoms with E-state index in [4.69, 9.17) is 11.6 Å². The van der Waals surface area contributed by atoms with Crippen molar-refractivity contribution >= 4 is 11.6 Å². The number of halogens is 2. The number of aromatic nitrogens is 1. The predicted molar refractivity (Wildman–Crippen MR) is 59.4 cm³/mol. The fraction of sp³-hybridized carbons (Fsp3) is 0.0833. The molecule has 15 heavy (non-hydrogen) atoms. The van der Waals surface area contributed by atoms with Crippen molar-refractivity contribution in [3.05, 3.63) is 52.9 Å². The summed E-state index contributed by atoms with van der Waals surface area (Å²) in [4.78, 5) is 4.25. The summed E-state index contributed by atoms with van der Waals surface area (Å²) in [7, 11) is 0. The Morgan fingerprint density at radius 3 is 2.67 bits per heavy atom. The van der Waals surface area contributed by atoms with Crippen molar-refractivity contribution in [2.45, 2.75) is 6.92 Å². The van der Waals surface area contributed by atoms with Crippen LogP contribution in [0.1, 0.15) is 5.69 Å². The molecular formula is C12H9ClFN. The van der Waals surface area contributed by atoms with E-state index in [1.54, 1.807) is 18.2 Å². The highest BCUT2D eigenvalue weighted by Gasteiger charge is 2.06. The van der Waals surface area contributed by atoms with Gasteiger partial charge in [-0.05, 0) is 37.3 Å². The molecule has 0 N–H and O–H groups in total. The van der Waals surface area contributed by atoms with Gasteiger partial charge < -0.3 is 0 Å². The average molecular weight is 222 g/mol. The van der Waals surface area contributed by atoms with Gasteiger partial charge in [0.1, 0.15) is 5.82 Å². The van der Waals surface area contributed by atoms with Crippen molar-refractivity contribution in [2.75, 3.05) is 0 Å². The molecule has 1 aromatic heterocycles. The van der Waals surface area contributed by atoms with E-state index >= 15 is 0 Å². The molecule has 2 rings (SSSR count). The van der Waals surface area contributed by atoms with Gasteiger partial charge >= 0.3 is 0 Å². The maximum absolute atomic E-state index is 13.5. The maximum Gasteiger partial charge on any atom is 0.134 e. The SMILES string of the molecule is Cc1cccc(-c2ccc(Cl)cc2F)n1. The Hall–Kier alpha value is -1.41. The van der Waals surface area contributed by atoms with Crippen LogP contribution in [0.15, 0.2) is 36.4 Å². The van der Waals surface area contributed by atoms with Gasteiger partial charge in [-0.25, -0.2) is 4.39 Å². The Morgan fingerprint density at radius 2 is 2.00 bits per heavy atom. The average Bonchev–Trinajstić information content (AvgIpc) is 2.17. The quantitative estimate of drug-likeness (QED) is 0.713. The predicted octanol–water partition coefficient (Wildman–Crippen LogP) is 3.85. The van der Waals surface area contributed by atoms with Crippen LogP contribution >= 0.6 is 11.6 Å². The van der Waals surface area contributed by atoms with Crippen molar-refractivity contribution in [2.24, 2.45) is 0 Å². The van der Waals surface area contributed by atoms with Crippen LogP contribution in [0, 0.1) is 12.7 Å². The second kappa shape index (κ2) is 3.99. The molecule has 3 heteroatoms. The summed E-state index contributed by atoms with van der Waals surface area (Å²) in [5.41, 5.74) is 1.97. The molecule has 2 aromatic rings. The van der Waals surface area contributed by atoms with Gasteiger partial charge in [-0.15, -0.1) is 0 Å². The zero-order valence-electron chi connectivity index (χ0n) is 8.17. The number of rotatable bonds is 1. The second-order valence-corrected chi connectivity index (χ2v) is 3.72. The van der Waals surface area contributed by atoms with E-state index in [1.165, 1.54) is 6.07 Å². The van der Waals surface area contributed by atoms with Crippen LogP contribution in [0.2, 0.25) is 5.02 Å². The summed E-state index contributed by atoms with van der Waals surface area (Å²) in [6, 6.07) is 10.1. The maximum atomic E-state index is 13.5. The van der Waals surface area contributed by atoms with Crippen LogP contribution in [-0.4, -0.2) is 4.98 Å². The van der Waals surface area contributed by atoms with Crippen molar-refractivity contribution in [1.82, 2.24) is 4.98 Å². The van der Waals surface area contributed by atoms with E-state index in [9.17, 15) is 4.39 Å². The number of pyridine rings is 1. The summed E-state index contributed by atoms with van der Waals surface area (Å²) < 4.78 is 13.5. The van der Waals surface area contributed by atoms with Crippen LogP contribution in [-0.2, 0) is 0 Å². The van der Waals surface area contributed by atoms with Crippen LogP contribution in [0.25, 0.3) is 11.3 Å². The Morgan fingerprint density at radius 1 is 1.20 bits per heavy atom. The van der Waals surface area contributed by atoms with Gasteiger partial charge in [0, 0.05) is 16.3 Å². The molecule has 0 atom stereocenters. The van der Waals surface area contributed by atoms with Crippen molar-refractivity contribution in [3.63, 3.8) is 0 Å². The lowest BCUT2D eigenvalue weighted by molar-refractivity contribution is 0.631. The first-order valence-corrected chi connectivity index (χ1v) is 4.94. The Balaban J connectivity index is 2.54. The molecule has 0 saturated carbocycles. The number of hydrogen-bond donors (Lipinski definition) is 0. The molecule has 0 aliphatic carbocycles. The lowest BCUT2D eigenvalue weighted by Gasteiger charge is -2.03. The van der Waals surface area contributed by atoms with Gasteiger partial charge in [-0.2, -0.15) is 0 Å². The standard InChI is InChI=1S/C12H9ClFN/c1-8-3-2-4-12(15-8)10-6-5-9(13)7-11(10)14/h2-7H,1H3. The number of hydrogen-bond acceptors (Lipinski definition) is 1. The van der Waals surface area contributed by atoms with Gasteiger partial charge in [0.05, 0.1) is 5.69 Å². The highest BCUT2D eigenvalue weighted by Crippen LogP contribution is 2.23. The smallest absolute Gasteiger partial charge is 0.134 e. The van der Waals surface area contributed by atoms with Crippen LogP contribution in [0.5, 0.6) is 0 Å². The van der Waals surface area contributed by atoms with Crippen LogP contribution in [0.4, 0.5) is 4.39 Å². The van der Waals surface area contributed by atoms with Crippen molar-refractivity contribution in [1.29, 1.82) is 0 Å². The molecule has 76 valence electrons. The molecule has 1 nitrogen and oxygen atoms in total. The van der Waals surface area contributed by atoms with E-state index in [0.29, 0.717) is 16.3 Å². The summed E-state index contributed by atoms with van der Waals surface area (Å²) in [5, 5.41) is 0.393. The van der Waals surface area contributed by atoms with Crippen molar-refractivity contribution in [3.8, 4) is 11.3 Å². The second-order valence-electron chi connectivity index (χ2n) is 3.29. The minimum Gasteiger partial charge on any atom is -0.253 e. The third kappa shape index (κ3) is 2.16. The first-order chi connectivity index (χ1) is 7.16. The fourth-order valence-electron chi connectivity index (χ4n) is 1.39. The molecule has 0 spiro atoms. The largest absolute Gasteiger partial charge is 0.253 e. The lowest BCUT2D eigenvalue weighted by Crippen LogP contribution is -1.89. The molecule has 0 fully saturated rings. The summed E-state index contributed by atoms with van der Waals surface area (Å²) in [6.07, 6.45) is 0. The zero-order chi connectivity index (χ0) is 10.8. The van der Waals surface area contributed by atoms with Gasteiger partial charge in [0.25, 0.3) is 0 Å². The van der Waals surface area contributed by atoms with E-state index < -0.39 is 0 Å². The fourth-order valence-corrected chi connectivity index (χ4v) is 1.55. The first-order valence-electron chi connectivity index (χ1n) is 4.56.